The molecule has 3 unspecified atom stereocenters. The fourth-order valence-electron chi connectivity index (χ4n) is 2.63. The third-order valence-electron chi connectivity index (χ3n) is 4.21. The van der Waals surface area contributed by atoms with Crippen molar-refractivity contribution in [3.05, 3.63) is 0 Å². The van der Waals surface area contributed by atoms with E-state index in [4.69, 9.17) is 20.3 Å². The molecule has 0 spiro atoms. The molecule has 5 N–H and O–H groups in total. The van der Waals surface area contributed by atoms with E-state index in [1.165, 1.54) is 7.11 Å². The second-order valence-electron chi connectivity index (χ2n) is 6.10. The highest BCUT2D eigenvalue weighted by atomic mass is 16.7. The first-order valence-corrected chi connectivity index (χ1v) is 8.57. The monoisotopic (exact) mass is 349 g/mol. The van der Waals surface area contributed by atoms with Gasteiger partial charge in [-0.15, -0.1) is 0 Å². The maximum absolute atomic E-state index is 10.9. The van der Waals surface area contributed by atoms with Gasteiger partial charge in [-0.3, -0.25) is 4.79 Å². The minimum Gasteiger partial charge on any atom is -0.469 e. The van der Waals surface area contributed by atoms with Gasteiger partial charge < -0.3 is 35.3 Å². The predicted octanol–water partition coefficient (Wildman–Crippen LogP) is -0.327. The van der Waals surface area contributed by atoms with E-state index in [2.05, 4.69) is 4.74 Å². The lowest BCUT2D eigenvalue weighted by Crippen LogP contribution is -2.62. The molecule has 142 valence electrons. The molecule has 1 rings (SSSR count). The first-order valence-electron chi connectivity index (χ1n) is 8.57. The molecule has 1 aliphatic heterocycles. The SMILES string of the molecule is COC(=O)CCCCCCCCO[C@@H]1OC(CO)[C@@H](O)C(O)C1N. The number of hydrogen-bond acceptors (Lipinski definition) is 8. The molecule has 0 saturated carbocycles. The van der Waals surface area contributed by atoms with E-state index in [9.17, 15) is 15.0 Å². The Morgan fingerprint density at radius 2 is 1.71 bits per heavy atom. The zero-order valence-corrected chi connectivity index (χ0v) is 14.3. The van der Waals surface area contributed by atoms with E-state index < -0.39 is 37.3 Å². The lowest BCUT2D eigenvalue weighted by Gasteiger charge is -2.40. The van der Waals surface area contributed by atoms with Crippen LogP contribution in [0.15, 0.2) is 0 Å². The van der Waals surface area contributed by atoms with Crippen LogP contribution >= 0.6 is 0 Å². The molecule has 0 amide bonds. The zero-order valence-electron chi connectivity index (χ0n) is 14.3. The summed E-state index contributed by atoms with van der Waals surface area (Å²) in [6, 6.07) is -0.846. The topological polar surface area (TPSA) is 131 Å². The Kier molecular flexibility index (Phi) is 10.4. The van der Waals surface area contributed by atoms with Crippen molar-refractivity contribution in [1.29, 1.82) is 0 Å². The van der Waals surface area contributed by atoms with Gasteiger partial charge in [0.25, 0.3) is 0 Å². The van der Waals surface area contributed by atoms with Crippen molar-refractivity contribution >= 4 is 5.97 Å². The summed E-state index contributed by atoms with van der Waals surface area (Å²) in [6.45, 7) is 0.0257. The summed E-state index contributed by atoms with van der Waals surface area (Å²) in [5.74, 6) is -0.166. The molecule has 0 aliphatic carbocycles. The predicted molar refractivity (Wildman–Crippen MR) is 86.0 cm³/mol. The normalized spacial score (nSPS) is 30.3. The van der Waals surface area contributed by atoms with E-state index in [-0.39, 0.29) is 5.97 Å². The molecule has 8 nitrogen and oxygen atoms in total. The Morgan fingerprint density at radius 1 is 1.08 bits per heavy atom. The van der Waals surface area contributed by atoms with Gasteiger partial charge in [0, 0.05) is 13.0 Å². The van der Waals surface area contributed by atoms with E-state index in [1.54, 1.807) is 0 Å². The lowest BCUT2D eigenvalue weighted by molar-refractivity contribution is -0.265. The second kappa shape index (κ2) is 11.7. The van der Waals surface area contributed by atoms with Gasteiger partial charge in [0.05, 0.1) is 19.8 Å². The average molecular weight is 349 g/mol. The van der Waals surface area contributed by atoms with Crippen molar-refractivity contribution in [2.75, 3.05) is 20.3 Å². The first-order chi connectivity index (χ1) is 11.5. The quantitative estimate of drug-likeness (QED) is 0.295. The van der Waals surface area contributed by atoms with Crippen LogP contribution in [0.1, 0.15) is 44.9 Å². The van der Waals surface area contributed by atoms with E-state index >= 15 is 0 Å². The molecular formula is C16H31NO7. The van der Waals surface area contributed by atoms with Crippen LogP contribution in [0.4, 0.5) is 0 Å². The molecule has 1 fully saturated rings. The standard InChI is InChI=1S/C16H31NO7/c1-22-12(19)8-6-4-2-3-5-7-9-23-16-13(17)15(21)14(20)11(10-18)24-16/h11,13-16,18,20-21H,2-10,17H2,1H3/t11?,13?,14-,15?,16-/m1/s1. The van der Waals surface area contributed by atoms with Crippen molar-refractivity contribution < 1.29 is 34.3 Å². The number of aliphatic hydroxyl groups is 3. The highest BCUT2D eigenvalue weighted by molar-refractivity contribution is 5.68. The van der Waals surface area contributed by atoms with Crippen LogP contribution < -0.4 is 5.73 Å². The molecule has 24 heavy (non-hydrogen) atoms. The highest BCUT2D eigenvalue weighted by Crippen LogP contribution is 2.21. The molecule has 0 aromatic carbocycles. The van der Waals surface area contributed by atoms with E-state index in [0.717, 1.165) is 38.5 Å². The number of carbonyl (C=O) groups is 1. The molecule has 0 bridgehead atoms. The number of nitrogens with two attached hydrogens (primary N) is 1. The third-order valence-corrected chi connectivity index (χ3v) is 4.21. The Morgan fingerprint density at radius 3 is 2.33 bits per heavy atom. The minimum absolute atomic E-state index is 0.166. The van der Waals surface area contributed by atoms with Crippen LogP contribution in [-0.2, 0) is 19.0 Å². The van der Waals surface area contributed by atoms with Crippen LogP contribution in [0.2, 0.25) is 0 Å². The molecule has 0 aromatic rings. The maximum atomic E-state index is 10.9. The average Bonchev–Trinajstić information content (AvgIpc) is 2.59. The van der Waals surface area contributed by atoms with E-state index in [0.29, 0.717) is 13.0 Å². The third kappa shape index (κ3) is 7.00. The molecule has 1 saturated heterocycles. The number of methoxy groups -OCH3 is 1. The van der Waals surface area contributed by atoms with Crippen molar-refractivity contribution in [1.82, 2.24) is 0 Å². The Bertz CT molecular complexity index is 353. The number of carbonyl (C=O) groups excluding carboxylic acids is 1. The summed E-state index contributed by atoms with van der Waals surface area (Å²) in [7, 11) is 1.40. The van der Waals surface area contributed by atoms with Crippen molar-refractivity contribution in [2.45, 2.75) is 75.6 Å². The Balaban J connectivity index is 2.07. The van der Waals surface area contributed by atoms with Crippen LogP contribution in [0, 0.1) is 0 Å². The van der Waals surface area contributed by atoms with Crippen LogP contribution in [0.3, 0.4) is 0 Å². The largest absolute Gasteiger partial charge is 0.469 e. The van der Waals surface area contributed by atoms with Gasteiger partial charge in [0.15, 0.2) is 6.29 Å². The maximum Gasteiger partial charge on any atom is 0.305 e. The Hall–Kier alpha value is -0.770. The van der Waals surface area contributed by atoms with Crippen molar-refractivity contribution in [3.63, 3.8) is 0 Å². The van der Waals surface area contributed by atoms with Gasteiger partial charge in [0.2, 0.25) is 0 Å². The summed E-state index contributed by atoms with van der Waals surface area (Å²) in [6.07, 6.45) is 2.09. The summed E-state index contributed by atoms with van der Waals surface area (Å²) in [5.41, 5.74) is 5.78. The summed E-state index contributed by atoms with van der Waals surface area (Å²) in [5, 5.41) is 28.6. The molecule has 1 aliphatic rings. The van der Waals surface area contributed by atoms with Crippen LogP contribution in [-0.4, -0.2) is 72.3 Å². The van der Waals surface area contributed by atoms with Gasteiger partial charge in [-0.2, -0.15) is 0 Å². The number of esters is 1. The molecule has 0 aromatic heterocycles. The van der Waals surface area contributed by atoms with Crippen LogP contribution in [0.5, 0.6) is 0 Å². The molecule has 0 radical (unpaired) electrons. The van der Waals surface area contributed by atoms with Gasteiger partial charge in [0.1, 0.15) is 18.3 Å². The number of aliphatic hydroxyl groups excluding tert-OH is 3. The van der Waals surface area contributed by atoms with Gasteiger partial charge in [-0.05, 0) is 12.8 Å². The highest BCUT2D eigenvalue weighted by Gasteiger charge is 2.42. The fraction of sp³-hybridized carbons (Fsp3) is 0.938. The molecule has 8 heteroatoms. The van der Waals surface area contributed by atoms with Gasteiger partial charge in [-0.1, -0.05) is 25.7 Å². The number of rotatable bonds is 11. The van der Waals surface area contributed by atoms with Crippen LogP contribution in [0.25, 0.3) is 0 Å². The molecule has 5 atom stereocenters. The smallest absolute Gasteiger partial charge is 0.305 e. The summed E-state index contributed by atoms with van der Waals surface area (Å²) < 4.78 is 15.5. The van der Waals surface area contributed by atoms with Gasteiger partial charge >= 0.3 is 5.97 Å². The van der Waals surface area contributed by atoms with E-state index in [1.807, 2.05) is 0 Å². The second-order valence-corrected chi connectivity index (χ2v) is 6.10. The Labute approximate surface area is 142 Å². The fourth-order valence-corrected chi connectivity index (χ4v) is 2.63. The van der Waals surface area contributed by atoms with Gasteiger partial charge in [-0.25, -0.2) is 0 Å². The number of unbranched alkanes of at least 4 members (excludes halogenated alkanes) is 5. The lowest BCUT2D eigenvalue weighted by atomic mass is 9.98. The van der Waals surface area contributed by atoms with Crippen molar-refractivity contribution in [2.24, 2.45) is 5.73 Å². The minimum atomic E-state index is -1.21. The summed E-state index contributed by atoms with van der Waals surface area (Å²) in [4.78, 5) is 10.9. The zero-order chi connectivity index (χ0) is 17.9. The first kappa shape index (κ1) is 21.3. The van der Waals surface area contributed by atoms with Crippen molar-refractivity contribution in [3.8, 4) is 0 Å². The number of ether oxygens (including phenoxy) is 3. The number of hydrogen-bond donors (Lipinski definition) is 4. The summed E-state index contributed by atoms with van der Waals surface area (Å²) >= 11 is 0. The molecular weight excluding hydrogens is 318 g/mol. The molecule has 1 heterocycles.